The van der Waals surface area contributed by atoms with Gasteiger partial charge in [-0.25, -0.2) is 4.39 Å². The highest BCUT2D eigenvalue weighted by Crippen LogP contribution is 2.14. The molecule has 0 radical (unpaired) electrons. The number of nitrogens with zero attached hydrogens (tertiary/aromatic N) is 3. The molecule has 0 saturated heterocycles. The molecule has 2 rings (SSSR count). The number of hydrogen-bond donors (Lipinski definition) is 2. The van der Waals surface area contributed by atoms with Crippen molar-refractivity contribution >= 4 is 5.84 Å². The summed E-state index contributed by atoms with van der Waals surface area (Å²) in [5.74, 6) is -0.525. The zero-order valence-corrected chi connectivity index (χ0v) is 11.7. The second-order valence-corrected chi connectivity index (χ2v) is 4.78. The Labute approximate surface area is 122 Å². The summed E-state index contributed by atoms with van der Waals surface area (Å²) in [4.78, 5) is 6.28. The number of rotatable bonds is 5. The van der Waals surface area contributed by atoms with Crippen molar-refractivity contribution in [1.82, 2.24) is 9.88 Å². The van der Waals surface area contributed by atoms with E-state index in [2.05, 4.69) is 10.1 Å². The normalized spacial score (nSPS) is 11.9. The van der Waals surface area contributed by atoms with Crippen molar-refractivity contribution in [2.45, 2.75) is 13.1 Å². The molecule has 0 bridgehead atoms. The van der Waals surface area contributed by atoms with Crippen LogP contribution in [0.3, 0.4) is 0 Å². The van der Waals surface area contributed by atoms with E-state index >= 15 is 0 Å². The van der Waals surface area contributed by atoms with Gasteiger partial charge in [-0.15, -0.1) is 0 Å². The highest BCUT2D eigenvalue weighted by Gasteiger charge is 2.11. The molecule has 0 amide bonds. The highest BCUT2D eigenvalue weighted by molar-refractivity contribution is 5.98. The maximum absolute atomic E-state index is 13.3. The Hall–Kier alpha value is -2.47. The first kappa shape index (κ1) is 14.9. The van der Waals surface area contributed by atoms with Gasteiger partial charge >= 0.3 is 0 Å². The smallest absolute Gasteiger partial charge is 0.170 e. The zero-order chi connectivity index (χ0) is 15.2. The minimum absolute atomic E-state index is 0.101. The van der Waals surface area contributed by atoms with Crippen LogP contribution in [0.25, 0.3) is 0 Å². The molecule has 1 heterocycles. The largest absolute Gasteiger partial charge is 0.409 e. The van der Waals surface area contributed by atoms with Gasteiger partial charge in [-0.2, -0.15) is 0 Å². The van der Waals surface area contributed by atoms with Crippen molar-refractivity contribution in [2.75, 3.05) is 7.05 Å². The first-order valence-corrected chi connectivity index (χ1v) is 6.45. The van der Waals surface area contributed by atoms with Crippen molar-refractivity contribution in [3.8, 4) is 0 Å². The second kappa shape index (κ2) is 6.81. The SMILES string of the molecule is CN(Cc1ccccn1)Cc1ccc(F)cc1C(N)=NO. The van der Waals surface area contributed by atoms with Crippen molar-refractivity contribution in [1.29, 1.82) is 0 Å². The van der Waals surface area contributed by atoms with Gasteiger partial charge in [-0.1, -0.05) is 17.3 Å². The lowest BCUT2D eigenvalue weighted by atomic mass is 10.1. The lowest BCUT2D eigenvalue weighted by molar-refractivity contribution is 0.312. The van der Waals surface area contributed by atoms with Crippen LogP contribution in [0, 0.1) is 5.82 Å². The van der Waals surface area contributed by atoms with Crippen LogP contribution in [-0.4, -0.2) is 28.0 Å². The minimum atomic E-state index is -0.423. The number of halogens is 1. The molecule has 0 aliphatic carbocycles. The molecule has 21 heavy (non-hydrogen) atoms. The Morgan fingerprint density at radius 2 is 2.14 bits per heavy atom. The van der Waals surface area contributed by atoms with E-state index in [-0.39, 0.29) is 5.84 Å². The molecule has 0 saturated carbocycles. The summed E-state index contributed by atoms with van der Waals surface area (Å²) < 4.78 is 13.3. The van der Waals surface area contributed by atoms with Crippen molar-refractivity contribution in [3.05, 3.63) is 65.2 Å². The first-order valence-electron chi connectivity index (χ1n) is 6.45. The number of amidine groups is 1. The third kappa shape index (κ3) is 4.00. The van der Waals surface area contributed by atoms with Gasteiger partial charge in [0.25, 0.3) is 0 Å². The number of nitrogens with two attached hydrogens (primary N) is 1. The number of pyridine rings is 1. The van der Waals surface area contributed by atoms with Crippen molar-refractivity contribution in [2.24, 2.45) is 10.9 Å². The molecule has 3 N–H and O–H groups in total. The Balaban J connectivity index is 2.15. The Kier molecular flexibility index (Phi) is 4.84. The van der Waals surface area contributed by atoms with Gasteiger partial charge in [0.1, 0.15) is 5.82 Å². The van der Waals surface area contributed by atoms with E-state index < -0.39 is 5.82 Å². The molecule has 0 unspecified atom stereocenters. The maximum Gasteiger partial charge on any atom is 0.170 e. The monoisotopic (exact) mass is 288 g/mol. The van der Waals surface area contributed by atoms with Gasteiger partial charge in [-0.3, -0.25) is 9.88 Å². The van der Waals surface area contributed by atoms with Gasteiger partial charge in [0.2, 0.25) is 0 Å². The molecule has 110 valence electrons. The third-order valence-electron chi connectivity index (χ3n) is 3.05. The molecular weight excluding hydrogens is 271 g/mol. The van der Waals surface area contributed by atoms with Gasteiger partial charge < -0.3 is 10.9 Å². The van der Waals surface area contributed by atoms with Crippen LogP contribution < -0.4 is 5.73 Å². The summed E-state index contributed by atoms with van der Waals surface area (Å²) in [5.41, 5.74) is 7.71. The second-order valence-electron chi connectivity index (χ2n) is 4.78. The van der Waals surface area contributed by atoms with Crippen LogP contribution in [-0.2, 0) is 13.1 Å². The van der Waals surface area contributed by atoms with E-state index in [4.69, 9.17) is 10.9 Å². The van der Waals surface area contributed by atoms with Crippen LogP contribution in [0.5, 0.6) is 0 Å². The molecule has 2 aromatic rings. The number of hydrogen-bond acceptors (Lipinski definition) is 4. The lowest BCUT2D eigenvalue weighted by Crippen LogP contribution is -2.22. The Bertz CT molecular complexity index is 631. The van der Waals surface area contributed by atoms with Gasteiger partial charge in [0, 0.05) is 24.8 Å². The zero-order valence-electron chi connectivity index (χ0n) is 11.7. The van der Waals surface area contributed by atoms with Crippen LogP contribution in [0.15, 0.2) is 47.8 Å². The molecule has 0 fully saturated rings. The molecular formula is C15H17FN4O. The number of oxime groups is 1. The lowest BCUT2D eigenvalue weighted by Gasteiger charge is -2.18. The first-order chi connectivity index (χ1) is 10.1. The Morgan fingerprint density at radius 1 is 1.33 bits per heavy atom. The predicted octanol–water partition coefficient (Wildman–Crippen LogP) is 1.95. The van der Waals surface area contributed by atoms with Gasteiger partial charge in [0.05, 0.1) is 5.69 Å². The number of benzene rings is 1. The molecule has 5 nitrogen and oxygen atoms in total. The minimum Gasteiger partial charge on any atom is -0.409 e. The fraction of sp³-hybridized carbons (Fsp3) is 0.200. The summed E-state index contributed by atoms with van der Waals surface area (Å²) in [6.45, 7) is 1.18. The van der Waals surface area contributed by atoms with E-state index in [0.717, 1.165) is 11.3 Å². The van der Waals surface area contributed by atoms with E-state index in [1.54, 1.807) is 12.3 Å². The van der Waals surface area contributed by atoms with E-state index in [9.17, 15) is 4.39 Å². The highest BCUT2D eigenvalue weighted by atomic mass is 19.1. The topological polar surface area (TPSA) is 74.7 Å². The quantitative estimate of drug-likeness (QED) is 0.382. The van der Waals surface area contributed by atoms with Crippen LogP contribution in [0.2, 0.25) is 0 Å². The maximum atomic E-state index is 13.3. The van der Waals surface area contributed by atoms with Gasteiger partial charge in [0.15, 0.2) is 5.84 Å². The molecule has 6 heteroatoms. The van der Waals surface area contributed by atoms with E-state index in [1.807, 2.05) is 30.1 Å². The summed E-state index contributed by atoms with van der Waals surface area (Å²) in [6.07, 6.45) is 1.74. The molecule has 1 aromatic carbocycles. The van der Waals surface area contributed by atoms with Crippen molar-refractivity contribution < 1.29 is 9.60 Å². The van der Waals surface area contributed by atoms with Crippen LogP contribution >= 0.6 is 0 Å². The molecule has 0 atom stereocenters. The Morgan fingerprint density at radius 3 is 2.81 bits per heavy atom. The van der Waals surface area contributed by atoms with Crippen LogP contribution in [0.4, 0.5) is 4.39 Å². The fourth-order valence-electron chi connectivity index (χ4n) is 2.09. The summed E-state index contributed by atoms with van der Waals surface area (Å²) in [5, 5.41) is 11.7. The summed E-state index contributed by atoms with van der Waals surface area (Å²) in [6, 6.07) is 9.98. The predicted molar refractivity (Wildman–Crippen MR) is 78.3 cm³/mol. The van der Waals surface area contributed by atoms with Crippen LogP contribution in [0.1, 0.15) is 16.8 Å². The average Bonchev–Trinajstić information content (AvgIpc) is 2.49. The third-order valence-corrected chi connectivity index (χ3v) is 3.05. The van der Waals surface area contributed by atoms with Gasteiger partial charge in [-0.05, 0) is 36.9 Å². The van der Waals surface area contributed by atoms with Crippen molar-refractivity contribution in [3.63, 3.8) is 0 Å². The molecule has 0 aliphatic heterocycles. The molecule has 1 aromatic heterocycles. The average molecular weight is 288 g/mol. The van der Waals surface area contributed by atoms with E-state index in [0.29, 0.717) is 18.7 Å². The fourth-order valence-corrected chi connectivity index (χ4v) is 2.09. The molecule has 0 spiro atoms. The summed E-state index contributed by atoms with van der Waals surface area (Å²) in [7, 11) is 1.92. The number of aromatic nitrogens is 1. The van der Waals surface area contributed by atoms with E-state index in [1.165, 1.54) is 12.1 Å². The standard InChI is InChI=1S/C15H17FN4O/c1-20(10-13-4-2-3-7-18-13)9-11-5-6-12(16)8-14(11)15(17)19-21/h2-8,21H,9-10H2,1H3,(H2,17,19). The molecule has 0 aliphatic rings. The summed E-state index contributed by atoms with van der Waals surface area (Å²) >= 11 is 0.